The van der Waals surface area contributed by atoms with Crippen molar-refractivity contribution in [2.45, 2.75) is 26.4 Å². The summed E-state index contributed by atoms with van der Waals surface area (Å²) in [5.74, 6) is 1.54. The fourth-order valence-corrected chi connectivity index (χ4v) is 2.68. The number of carbonyl (C=O) groups is 1. The van der Waals surface area contributed by atoms with Crippen LogP contribution in [0.4, 0.5) is 0 Å². The van der Waals surface area contributed by atoms with Gasteiger partial charge in [-0.15, -0.1) is 0 Å². The highest BCUT2D eigenvalue weighted by molar-refractivity contribution is 5.67. The summed E-state index contributed by atoms with van der Waals surface area (Å²) in [6.07, 6.45) is 0.655. The Hall–Kier alpha value is -3.27. The minimum atomic E-state index is -0.789. The van der Waals surface area contributed by atoms with Crippen molar-refractivity contribution in [3.05, 3.63) is 89.5 Å². The van der Waals surface area contributed by atoms with Gasteiger partial charge in [0.05, 0.1) is 0 Å². The maximum Gasteiger partial charge on any atom is 0.303 e. The van der Waals surface area contributed by atoms with Crippen molar-refractivity contribution in [2.24, 2.45) is 0 Å². The number of aliphatic carboxylic acids is 1. The number of aryl methyl sites for hydroxylation is 2. The minimum absolute atomic E-state index is 0.133. The van der Waals surface area contributed by atoms with E-state index in [1.165, 1.54) is 0 Å². The molecule has 0 saturated heterocycles. The van der Waals surface area contributed by atoms with Crippen LogP contribution in [-0.4, -0.2) is 11.1 Å². The molecule has 3 aromatic rings. The van der Waals surface area contributed by atoms with E-state index in [9.17, 15) is 4.79 Å². The van der Waals surface area contributed by atoms with E-state index in [1.807, 2.05) is 79.7 Å². The Kier molecular flexibility index (Phi) is 6.10. The molecular formula is C23H22O4. The van der Waals surface area contributed by atoms with Gasteiger partial charge in [-0.1, -0.05) is 36.4 Å². The molecule has 27 heavy (non-hydrogen) atoms. The third kappa shape index (κ3) is 5.89. The zero-order valence-electron chi connectivity index (χ0n) is 15.2. The van der Waals surface area contributed by atoms with E-state index >= 15 is 0 Å². The lowest BCUT2D eigenvalue weighted by molar-refractivity contribution is -0.136. The van der Waals surface area contributed by atoms with E-state index in [2.05, 4.69) is 0 Å². The lowest BCUT2D eigenvalue weighted by Crippen LogP contribution is -1.98. The first-order valence-electron chi connectivity index (χ1n) is 8.85. The van der Waals surface area contributed by atoms with E-state index in [1.54, 1.807) is 0 Å². The molecule has 0 aliphatic rings. The Morgan fingerprint density at radius 1 is 0.852 bits per heavy atom. The van der Waals surface area contributed by atoms with Crippen molar-refractivity contribution in [2.75, 3.05) is 0 Å². The first-order chi connectivity index (χ1) is 13.1. The van der Waals surface area contributed by atoms with Crippen molar-refractivity contribution in [1.29, 1.82) is 0 Å². The van der Waals surface area contributed by atoms with Crippen LogP contribution in [0.2, 0.25) is 0 Å². The van der Waals surface area contributed by atoms with Gasteiger partial charge >= 0.3 is 5.97 Å². The average Bonchev–Trinajstić information content (AvgIpc) is 2.66. The van der Waals surface area contributed by atoms with Gasteiger partial charge in [-0.25, -0.2) is 0 Å². The molecule has 3 rings (SSSR count). The molecule has 0 spiro atoms. The predicted octanol–water partition coefficient (Wildman–Crippen LogP) is 5.38. The molecular weight excluding hydrogens is 340 g/mol. The maximum absolute atomic E-state index is 10.6. The monoisotopic (exact) mass is 362 g/mol. The average molecular weight is 362 g/mol. The minimum Gasteiger partial charge on any atom is -0.489 e. The van der Waals surface area contributed by atoms with Gasteiger partial charge in [-0.05, 0) is 66.4 Å². The molecule has 1 N–H and O–H groups in total. The molecule has 0 amide bonds. The standard InChI is InChI=1S/C23H22O4/c1-17-4-2-6-21(14-17)27-22-7-3-5-19(15-22)16-26-20-11-8-18(9-12-20)10-13-23(24)25/h2-9,11-12,14-15H,10,13,16H2,1H3,(H,24,25). The van der Waals surface area contributed by atoms with Gasteiger partial charge < -0.3 is 14.6 Å². The summed E-state index contributed by atoms with van der Waals surface area (Å²) < 4.78 is 11.7. The summed E-state index contributed by atoms with van der Waals surface area (Å²) >= 11 is 0. The number of carboxylic acids is 1. The van der Waals surface area contributed by atoms with Crippen LogP contribution in [-0.2, 0) is 17.8 Å². The van der Waals surface area contributed by atoms with Crippen LogP contribution in [0.15, 0.2) is 72.8 Å². The van der Waals surface area contributed by atoms with Gasteiger partial charge in [0.1, 0.15) is 23.9 Å². The smallest absolute Gasteiger partial charge is 0.303 e. The topological polar surface area (TPSA) is 55.8 Å². The summed E-state index contributed by atoms with van der Waals surface area (Å²) in [7, 11) is 0. The van der Waals surface area contributed by atoms with Crippen molar-refractivity contribution in [1.82, 2.24) is 0 Å². The molecule has 0 aliphatic heterocycles. The number of hydrogen-bond acceptors (Lipinski definition) is 3. The van der Waals surface area contributed by atoms with E-state index in [-0.39, 0.29) is 6.42 Å². The summed E-state index contributed by atoms with van der Waals surface area (Å²) in [4.78, 5) is 10.6. The first-order valence-corrected chi connectivity index (χ1v) is 8.85. The Balaban J connectivity index is 1.57. The van der Waals surface area contributed by atoms with Gasteiger partial charge in [-0.2, -0.15) is 0 Å². The second-order valence-corrected chi connectivity index (χ2v) is 6.39. The highest BCUT2D eigenvalue weighted by atomic mass is 16.5. The lowest BCUT2D eigenvalue weighted by Gasteiger charge is -2.10. The van der Waals surface area contributed by atoms with Gasteiger partial charge in [0.2, 0.25) is 0 Å². The summed E-state index contributed by atoms with van der Waals surface area (Å²) in [5.41, 5.74) is 3.15. The third-order valence-electron chi connectivity index (χ3n) is 4.08. The zero-order valence-corrected chi connectivity index (χ0v) is 15.2. The molecule has 0 aromatic heterocycles. The maximum atomic E-state index is 10.6. The zero-order chi connectivity index (χ0) is 19.1. The van der Waals surface area contributed by atoms with Crippen LogP contribution < -0.4 is 9.47 Å². The molecule has 0 bridgehead atoms. The lowest BCUT2D eigenvalue weighted by atomic mass is 10.1. The molecule has 0 aliphatic carbocycles. The number of benzene rings is 3. The number of carboxylic acid groups (broad SMARTS) is 1. The van der Waals surface area contributed by atoms with Crippen LogP contribution in [0.1, 0.15) is 23.1 Å². The molecule has 0 heterocycles. The van der Waals surface area contributed by atoms with Crippen LogP contribution in [0.25, 0.3) is 0 Å². The Morgan fingerprint density at radius 3 is 2.26 bits per heavy atom. The number of rotatable bonds is 8. The summed E-state index contributed by atoms with van der Waals surface area (Å²) in [5, 5.41) is 8.73. The first kappa shape index (κ1) is 18.5. The highest BCUT2D eigenvalue weighted by Crippen LogP contribution is 2.24. The Bertz CT molecular complexity index is 900. The Labute approximate surface area is 159 Å². The van der Waals surface area contributed by atoms with Gasteiger partial charge in [0.15, 0.2) is 0 Å². The Morgan fingerprint density at radius 2 is 1.56 bits per heavy atom. The molecule has 0 unspecified atom stereocenters. The summed E-state index contributed by atoms with van der Waals surface area (Å²) in [6, 6.07) is 23.3. The second-order valence-electron chi connectivity index (χ2n) is 6.39. The molecule has 0 fully saturated rings. The van der Waals surface area contributed by atoms with Crippen molar-refractivity contribution in [3.63, 3.8) is 0 Å². The van der Waals surface area contributed by atoms with Crippen molar-refractivity contribution >= 4 is 5.97 Å². The van der Waals surface area contributed by atoms with E-state index in [0.29, 0.717) is 13.0 Å². The van der Waals surface area contributed by atoms with E-state index in [4.69, 9.17) is 14.6 Å². The highest BCUT2D eigenvalue weighted by Gasteiger charge is 2.03. The van der Waals surface area contributed by atoms with E-state index in [0.717, 1.165) is 33.9 Å². The molecule has 138 valence electrons. The van der Waals surface area contributed by atoms with Crippen LogP contribution in [0.3, 0.4) is 0 Å². The summed E-state index contributed by atoms with van der Waals surface area (Å²) in [6.45, 7) is 2.46. The van der Waals surface area contributed by atoms with Gasteiger partial charge in [0.25, 0.3) is 0 Å². The quantitative estimate of drug-likeness (QED) is 0.584. The fraction of sp³-hybridized carbons (Fsp3) is 0.174. The van der Waals surface area contributed by atoms with Crippen LogP contribution >= 0.6 is 0 Å². The largest absolute Gasteiger partial charge is 0.489 e. The normalized spacial score (nSPS) is 10.4. The van der Waals surface area contributed by atoms with Crippen molar-refractivity contribution in [3.8, 4) is 17.2 Å². The molecule has 3 aromatic carbocycles. The molecule has 4 nitrogen and oxygen atoms in total. The molecule has 0 radical (unpaired) electrons. The van der Waals surface area contributed by atoms with Crippen LogP contribution in [0.5, 0.6) is 17.2 Å². The molecule has 0 atom stereocenters. The molecule has 0 saturated carbocycles. The van der Waals surface area contributed by atoms with E-state index < -0.39 is 5.97 Å². The predicted molar refractivity (Wildman–Crippen MR) is 104 cm³/mol. The second kappa shape index (κ2) is 8.90. The third-order valence-corrected chi connectivity index (χ3v) is 4.08. The SMILES string of the molecule is Cc1cccc(Oc2cccc(COc3ccc(CCC(=O)O)cc3)c2)c1. The number of hydrogen-bond donors (Lipinski definition) is 1. The molecule has 4 heteroatoms. The van der Waals surface area contributed by atoms with Gasteiger partial charge in [-0.3, -0.25) is 4.79 Å². The van der Waals surface area contributed by atoms with Crippen LogP contribution in [0, 0.1) is 6.92 Å². The van der Waals surface area contributed by atoms with Gasteiger partial charge in [0, 0.05) is 6.42 Å². The van der Waals surface area contributed by atoms with Crippen molar-refractivity contribution < 1.29 is 19.4 Å². The fourth-order valence-electron chi connectivity index (χ4n) is 2.68. The number of ether oxygens (including phenoxy) is 2.